The van der Waals surface area contributed by atoms with Crippen LogP contribution >= 0.6 is 0 Å². The largest absolute Gasteiger partial charge is 0.467 e. The molecule has 0 bridgehead atoms. The second-order valence-corrected chi connectivity index (χ2v) is 3.91. The van der Waals surface area contributed by atoms with E-state index in [4.69, 9.17) is 0 Å². The van der Waals surface area contributed by atoms with Crippen LogP contribution in [0.15, 0.2) is 12.2 Å². The van der Waals surface area contributed by atoms with E-state index < -0.39 is 41.6 Å². The lowest BCUT2D eigenvalue weighted by Gasteiger charge is -2.38. The Balaban J connectivity index is 6.23. The van der Waals surface area contributed by atoms with Gasteiger partial charge in [0.15, 0.2) is 0 Å². The van der Waals surface area contributed by atoms with E-state index in [9.17, 15) is 53.1 Å². The topological polar surface area (TPSA) is 26.3 Å². The number of carbonyl (C=O) groups excluding carboxylic acids is 1. The van der Waals surface area contributed by atoms with Gasteiger partial charge in [-0.15, -0.1) is 0 Å². The average molecular weight is 354 g/mol. The Morgan fingerprint density at radius 1 is 0.773 bits per heavy atom. The summed E-state index contributed by atoms with van der Waals surface area (Å²) in [5.74, 6) is -24.5. The molecule has 0 aromatic heterocycles. The lowest BCUT2D eigenvalue weighted by molar-refractivity contribution is -0.454. The number of ether oxygens (including phenoxy) is 1. The lowest BCUT2D eigenvalue weighted by Crippen LogP contribution is -2.68. The van der Waals surface area contributed by atoms with Gasteiger partial charge in [0.1, 0.15) is 0 Å². The molecule has 0 aliphatic rings. The number of alkyl halides is 11. The van der Waals surface area contributed by atoms with Gasteiger partial charge in [-0.1, -0.05) is 6.58 Å². The molecule has 0 aromatic carbocycles. The SMILES string of the molecule is C=C(C)C(=O)OC(F)(C(F)(F)F)C(F)(F)C(F)(F)C(F)(F)F. The van der Waals surface area contributed by atoms with Crippen molar-refractivity contribution in [2.45, 2.75) is 37.0 Å². The highest BCUT2D eigenvalue weighted by Crippen LogP contribution is 2.57. The van der Waals surface area contributed by atoms with Crippen molar-refractivity contribution >= 4 is 5.97 Å². The molecule has 1 atom stereocenters. The fourth-order valence-electron chi connectivity index (χ4n) is 0.895. The van der Waals surface area contributed by atoms with Gasteiger partial charge in [-0.2, -0.15) is 48.3 Å². The van der Waals surface area contributed by atoms with Crippen LogP contribution in [0.2, 0.25) is 0 Å². The highest BCUT2D eigenvalue weighted by molar-refractivity contribution is 5.87. The van der Waals surface area contributed by atoms with Gasteiger partial charge in [-0.05, 0) is 6.92 Å². The Hall–Kier alpha value is -1.56. The van der Waals surface area contributed by atoms with Crippen LogP contribution < -0.4 is 0 Å². The summed E-state index contributed by atoms with van der Waals surface area (Å²) in [6.07, 6.45) is -14.4. The maximum Gasteiger partial charge on any atom is 0.467 e. The van der Waals surface area contributed by atoms with Gasteiger partial charge in [0.05, 0.1) is 0 Å². The zero-order chi connectivity index (χ0) is 18.4. The molecule has 0 saturated carbocycles. The number of rotatable bonds is 4. The summed E-state index contributed by atoms with van der Waals surface area (Å²) < 4.78 is 139. The predicted molar refractivity (Wildman–Crippen MR) is 46.7 cm³/mol. The molecule has 0 rings (SSSR count). The summed E-state index contributed by atoms with van der Waals surface area (Å²) in [6.45, 7) is 3.06. The fraction of sp³-hybridized carbons (Fsp3) is 0.667. The van der Waals surface area contributed by atoms with Gasteiger partial charge in [-0.3, -0.25) is 0 Å². The number of halogens is 11. The van der Waals surface area contributed by atoms with Crippen LogP contribution in [0, 0.1) is 0 Å². The molecule has 0 saturated heterocycles. The molecule has 130 valence electrons. The highest BCUT2D eigenvalue weighted by Gasteiger charge is 2.89. The molecule has 0 aliphatic heterocycles. The molecule has 0 heterocycles. The van der Waals surface area contributed by atoms with Crippen molar-refractivity contribution < 1.29 is 57.8 Å². The Labute approximate surface area is 114 Å². The Morgan fingerprint density at radius 3 is 1.36 bits per heavy atom. The maximum atomic E-state index is 13.4. The van der Waals surface area contributed by atoms with Crippen molar-refractivity contribution in [3.8, 4) is 0 Å². The first-order valence-electron chi connectivity index (χ1n) is 4.79. The molecule has 1 unspecified atom stereocenters. The van der Waals surface area contributed by atoms with E-state index in [1.807, 2.05) is 0 Å². The first-order chi connectivity index (χ1) is 9.33. The number of carbonyl (C=O) groups is 1. The van der Waals surface area contributed by atoms with Gasteiger partial charge in [0.2, 0.25) is 0 Å². The molecular weight excluding hydrogens is 349 g/mol. The standard InChI is InChI=1S/C9H5F11O2/c1-3(2)4(21)22-7(14,9(18,19)20)5(10,11)6(12,13)8(15,16)17/h1H2,2H3. The molecule has 0 N–H and O–H groups in total. The van der Waals surface area contributed by atoms with Crippen LogP contribution in [0.4, 0.5) is 48.3 Å². The number of hydrogen-bond acceptors (Lipinski definition) is 2. The maximum absolute atomic E-state index is 13.4. The normalized spacial score (nSPS) is 16.9. The zero-order valence-corrected chi connectivity index (χ0v) is 10.2. The van der Waals surface area contributed by atoms with E-state index >= 15 is 0 Å². The van der Waals surface area contributed by atoms with E-state index in [-0.39, 0.29) is 0 Å². The van der Waals surface area contributed by atoms with E-state index in [1.165, 1.54) is 0 Å². The van der Waals surface area contributed by atoms with Crippen LogP contribution in [-0.2, 0) is 9.53 Å². The quantitative estimate of drug-likeness (QED) is 0.430. The van der Waals surface area contributed by atoms with Gasteiger partial charge in [0.25, 0.3) is 0 Å². The minimum absolute atomic E-state index is 0.513. The van der Waals surface area contributed by atoms with Crippen molar-refractivity contribution in [2.24, 2.45) is 0 Å². The van der Waals surface area contributed by atoms with E-state index in [1.54, 1.807) is 0 Å². The van der Waals surface area contributed by atoms with Crippen molar-refractivity contribution in [1.29, 1.82) is 0 Å². The Bertz CT molecular complexity index is 461. The molecule has 0 aliphatic carbocycles. The summed E-state index contributed by atoms with van der Waals surface area (Å²) in [5.41, 5.74) is -1.16. The summed E-state index contributed by atoms with van der Waals surface area (Å²) in [5, 5.41) is 0. The summed E-state index contributed by atoms with van der Waals surface area (Å²) in [6, 6.07) is 0. The third-order valence-corrected chi connectivity index (χ3v) is 2.10. The molecule has 0 fully saturated rings. The van der Waals surface area contributed by atoms with Gasteiger partial charge < -0.3 is 4.74 Å². The molecule has 2 nitrogen and oxygen atoms in total. The van der Waals surface area contributed by atoms with Crippen LogP contribution in [0.5, 0.6) is 0 Å². The van der Waals surface area contributed by atoms with Crippen molar-refractivity contribution in [3.63, 3.8) is 0 Å². The first kappa shape index (κ1) is 20.4. The minimum Gasteiger partial charge on any atom is -0.411 e. The molecule has 22 heavy (non-hydrogen) atoms. The first-order valence-corrected chi connectivity index (χ1v) is 4.79. The van der Waals surface area contributed by atoms with Crippen molar-refractivity contribution in [2.75, 3.05) is 0 Å². The summed E-state index contributed by atoms with van der Waals surface area (Å²) in [4.78, 5) is 10.7. The van der Waals surface area contributed by atoms with Crippen molar-refractivity contribution in [3.05, 3.63) is 12.2 Å². The minimum atomic E-state index is -7.50. The van der Waals surface area contributed by atoms with Gasteiger partial charge in [0, 0.05) is 5.57 Å². The van der Waals surface area contributed by atoms with Gasteiger partial charge >= 0.3 is 36.0 Å². The molecular formula is C9H5F11O2. The predicted octanol–water partition coefficient (Wildman–Crippen LogP) is 4.17. The van der Waals surface area contributed by atoms with Crippen LogP contribution in [0.1, 0.15) is 6.92 Å². The van der Waals surface area contributed by atoms with Crippen LogP contribution in [-0.4, -0.2) is 36.0 Å². The third kappa shape index (κ3) is 2.97. The Morgan fingerprint density at radius 2 is 1.14 bits per heavy atom. The van der Waals surface area contributed by atoms with Crippen LogP contribution in [0.3, 0.4) is 0 Å². The van der Waals surface area contributed by atoms with E-state index in [0.29, 0.717) is 6.92 Å². The smallest absolute Gasteiger partial charge is 0.411 e. The highest BCUT2D eigenvalue weighted by atomic mass is 19.4. The fourth-order valence-corrected chi connectivity index (χ4v) is 0.895. The monoisotopic (exact) mass is 354 g/mol. The van der Waals surface area contributed by atoms with Crippen LogP contribution in [0.25, 0.3) is 0 Å². The van der Waals surface area contributed by atoms with E-state index in [2.05, 4.69) is 11.3 Å². The number of hydrogen-bond donors (Lipinski definition) is 0. The molecule has 0 amide bonds. The summed E-state index contributed by atoms with van der Waals surface area (Å²) in [7, 11) is 0. The summed E-state index contributed by atoms with van der Waals surface area (Å²) >= 11 is 0. The van der Waals surface area contributed by atoms with E-state index in [0.717, 1.165) is 0 Å². The second-order valence-electron chi connectivity index (χ2n) is 3.91. The molecule has 13 heteroatoms. The number of esters is 1. The third-order valence-electron chi connectivity index (χ3n) is 2.10. The Kier molecular flexibility index (Phi) is 4.89. The molecule has 0 radical (unpaired) electrons. The van der Waals surface area contributed by atoms with Gasteiger partial charge in [-0.25, -0.2) is 4.79 Å². The average Bonchev–Trinajstić information content (AvgIpc) is 2.24. The lowest BCUT2D eigenvalue weighted by atomic mass is 10.0. The molecule has 0 spiro atoms. The molecule has 0 aromatic rings. The van der Waals surface area contributed by atoms with Crippen molar-refractivity contribution in [1.82, 2.24) is 0 Å². The second kappa shape index (κ2) is 5.26. The zero-order valence-electron chi connectivity index (χ0n) is 10.2.